The van der Waals surface area contributed by atoms with Gasteiger partial charge in [-0.2, -0.15) is 0 Å². The molecule has 2 rings (SSSR count). The summed E-state index contributed by atoms with van der Waals surface area (Å²) in [4.78, 5) is 11.8. The minimum absolute atomic E-state index is 0.171. The van der Waals surface area contributed by atoms with E-state index in [9.17, 15) is 4.79 Å². The number of ether oxygens (including phenoxy) is 2. The third kappa shape index (κ3) is 4.23. The molecule has 0 atom stereocenters. The highest BCUT2D eigenvalue weighted by Gasteiger charge is 2.08. The van der Waals surface area contributed by atoms with Crippen molar-refractivity contribution < 1.29 is 14.3 Å². The van der Waals surface area contributed by atoms with Crippen molar-refractivity contribution in [3.05, 3.63) is 58.1 Å². The van der Waals surface area contributed by atoms with Crippen LogP contribution in [0.2, 0.25) is 0 Å². The summed E-state index contributed by atoms with van der Waals surface area (Å²) >= 11 is 3.40. The highest BCUT2D eigenvalue weighted by molar-refractivity contribution is 9.10. The highest BCUT2D eigenvalue weighted by Crippen LogP contribution is 2.25. The largest absolute Gasteiger partial charge is 0.496 e. The first-order chi connectivity index (χ1) is 10.1. The molecule has 0 saturated carbocycles. The molecule has 0 fully saturated rings. The van der Waals surface area contributed by atoms with E-state index in [1.807, 2.05) is 36.4 Å². The van der Waals surface area contributed by atoms with Gasteiger partial charge in [-0.25, -0.2) is 0 Å². The number of para-hydroxylation sites is 1. The predicted octanol–water partition coefficient (Wildman–Crippen LogP) is 3.33. The number of rotatable bonds is 5. The van der Waals surface area contributed by atoms with E-state index in [-0.39, 0.29) is 19.0 Å². The van der Waals surface area contributed by atoms with Crippen molar-refractivity contribution in [2.45, 2.75) is 13.0 Å². The average Bonchev–Trinajstić information content (AvgIpc) is 2.48. The molecule has 0 amide bonds. The van der Waals surface area contributed by atoms with Gasteiger partial charge in [0, 0.05) is 5.69 Å². The van der Waals surface area contributed by atoms with Crippen molar-refractivity contribution in [3.63, 3.8) is 0 Å². The minimum Gasteiger partial charge on any atom is -0.496 e. The summed E-state index contributed by atoms with van der Waals surface area (Å²) in [5, 5.41) is 0. The molecular weight excluding hydrogens is 334 g/mol. The minimum atomic E-state index is -0.306. The van der Waals surface area contributed by atoms with Gasteiger partial charge >= 0.3 is 5.97 Å². The number of benzene rings is 2. The molecular formula is C16H16BrNO3. The molecule has 110 valence electrons. The number of halogens is 1. The normalized spacial score (nSPS) is 10.2. The van der Waals surface area contributed by atoms with Crippen LogP contribution in [0.4, 0.5) is 5.69 Å². The van der Waals surface area contributed by atoms with E-state index in [0.29, 0.717) is 5.69 Å². The number of hydrogen-bond donors (Lipinski definition) is 1. The molecule has 0 heterocycles. The molecule has 0 spiro atoms. The van der Waals surface area contributed by atoms with Crippen LogP contribution in [0, 0.1) is 0 Å². The van der Waals surface area contributed by atoms with Gasteiger partial charge in [-0.3, -0.25) is 4.79 Å². The third-order valence-corrected chi connectivity index (χ3v) is 3.63. The van der Waals surface area contributed by atoms with Crippen molar-refractivity contribution in [1.29, 1.82) is 0 Å². The van der Waals surface area contributed by atoms with Crippen molar-refractivity contribution in [2.75, 3.05) is 12.8 Å². The second-order valence-corrected chi connectivity index (χ2v) is 5.36. The number of carbonyl (C=O) groups is 1. The first-order valence-electron chi connectivity index (χ1n) is 6.41. The Bertz CT molecular complexity index is 643. The predicted molar refractivity (Wildman–Crippen MR) is 85.0 cm³/mol. The van der Waals surface area contributed by atoms with Crippen molar-refractivity contribution in [2.24, 2.45) is 0 Å². The van der Waals surface area contributed by atoms with E-state index >= 15 is 0 Å². The Morgan fingerprint density at radius 1 is 1.24 bits per heavy atom. The second kappa shape index (κ2) is 7.13. The zero-order valence-electron chi connectivity index (χ0n) is 11.6. The van der Waals surface area contributed by atoms with E-state index < -0.39 is 0 Å². The van der Waals surface area contributed by atoms with Gasteiger partial charge in [0.1, 0.15) is 12.4 Å². The maximum absolute atomic E-state index is 11.8. The fraction of sp³-hybridized carbons (Fsp3) is 0.188. The lowest BCUT2D eigenvalue weighted by atomic mass is 10.1. The summed E-state index contributed by atoms with van der Waals surface area (Å²) in [6, 6.07) is 12.8. The molecule has 0 unspecified atom stereocenters. The van der Waals surface area contributed by atoms with Crippen LogP contribution < -0.4 is 10.5 Å². The lowest BCUT2D eigenvalue weighted by Crippen LogP contribution is -2.09. The Morgan fingerprint density at radius 2 is 2.00 bits per heavy atom. The summed E-state index contributed by atoms with van der Waals surface area (Å²) in [6.45, 7) is 0.216. The zero-order chi connectivity index (χ0) is 15.2. The fourth-order valence-electron chi connectivity index (χ4n) is 1.87. The van der Waals surface area contributed by atoms with Crippen LogP contribution in [0.25, 0.3) is 0 Å². The first kappa shape index (κ1) is 15.4. The van der Waals surface area contributed by atoms with Crippen molar-refractivity contribution in [3.8, 4) is 5.75 Å². The number of methoxy groups -OCH3 is 1. The van der Waals surface area contributed by atoms with Crippen molar-refractivity contribution in [1.82, 2.24) is 0 Å². The SMILES string of the molecule is COc1ccc(COC(=O)Cc2ccccc2N)cc1Br. The lowest BCUT2D eigenvalue weighted by Gasteiger charge is -2.08. The van der Waals surface area contributed by atoms with E-state index in [4.69, 9.17) is 15.2 Å². The molecule has 2 N–H and O–H groups in total. The Kier molecular flexibility index (Phi) is 5.22. The van der Waals surface area contributed by atoms with Gasteiger partial charge in [0.15, 0.2) is 0 Å². The molecule has 21 heavy (non-hydrogen) atoms. The second-order valence-electron chi connectivity index (χ2n) is 4.51. The van der Waals surface area contributed by atoms with Gasteiger partial charge in [0.25, 0.3) is 0 Å². The van der Waals surface area contributed by atoms with Crippen LogP contribution >= 0.6 is 15.9 Å². The van der Waals surface area contributed by atoms with Gasteiger partial charge in [0.05, 0.1) is 18.0 Å². The summed E-state index contributed by atoms with van der Waals surface area (Å²) in [5.41, 5.74) is 8.06. The van der Waals surface area contributed by atoms with Gasteiger partial charge in [0.2, 0.25) is 0 Å². The molecule has 0 aliphatic heterocycles. The molecule has 5 heteroatoms. The number of nitrogen functional groups attached to an aromatic ring is 1. The third-order valence-electron chi connectivity index (χ3n) is 3.01. The molecule has 0 bridgehead atoms. The van der Waals surface area contributed by atoms with Gasteiger partial charge in [-0.05, 0) is 45.3 Å². The topological polar surface area (TPSA) is 61.5 Å². The van der Waals surface area contributed by atoms with Crippen LogP contribution in [0.3, 0.4) is 0 Å². The van der Waals surface area contributed by atoms with Crippen LogP contribution in [0.1, 0.15) is 11.1 Å². The lowest BCUT2D eigenvalue weighted by molar-refractivity contribution is -0.144. The van der Waals surface area contributed by atoms with Gasteiger partial charge < -0.3 is 15.2 Å². The Balaban J connectivity index is 1.92. The van der Waals surface area contributed by atoms with Crippen LogP contribution in [-0.2, 0) is 22.6 Å². The molecule has 0 aromatic heterocycles. The maximum Gasteiger partial charge on any atom is 0.310 e. The average molecular weight is 350 g/mol. The molecule has 0 saturated heterocycles. The maximum atomic E-state index is 11.8. The first-order valence-corrected chi connectivity index (χ1v) is 7.21. The standard InChI is InChI=1S/C16H16BrNO3/c1-20-15-7-6-11(8-13(15)17)10-21-16(19)9-12-4-2-3-5-14(12)18/h2-8H,9-10,18H2,1H3. The van der Waals surface area contributed by atoms with E-state index in [1.165, 1.54) is 0 Å². The molecule has 0 aliphatic rings. The number of esters is 1. The van der Waals surface area contributed by atoms with Gasteiger partial charge in [-0.15, -0.1) is 0 Å². The quantitative estimate of drug-likeness (QED) is 0.664. The number of anilines is 1. The van der Waals surface area contributed by atoms with Crippen LogP contribution in [-0.4, -0.2) is 13.1 Å². The number of nitrogens with two attached hydrogens (primary N) is 1. The summed E-state index contributed by atoms with van der Waals surface area (Å²) < 4.78 is 11.2. The van der Waals surface area contributed by atoms with Crippen molar-refractivity contribution >= 4 is 27.6 Å². The highest BCUT2D eigenvalue weighted by atomic mass is 79.9. The van der Waals surface area contributed by atoms with Gasteiger partial charge in [-0.1, -0.05) is 24.3 Å². The van der Waals surface area contributed by atoms with Crippen LogP contribution in [0.15, 0.2) is 46.9 Å². The van der Waals surface area contributed by atoms with E-state index in [2.05, 4.69) is 15.9 Å². The fourth-order valence-corrected chi connectivity index (χ4v) is 2.45. The molecule has 0 radical (unpaired) electrons. The number of hydrogen-bond acceptors (Lipinski definition) is 4. The van der Waals surface area contributed by atoms with E-state index in [1.54, 1.807) is 13.2 Å². The smallest absolute Gasteiger partial charge is 0.310 e. The molecule has 4 nitrogen and oxygen atoms in total. The summed E-state index contributed by atoms with van der Waals surface area (Å²) in [5.74, 6) is 0.432. The Morgan fingerprint density at radius 3 is 2.67 bits per heavy atom. The summed E-state index contributed by atoms with van der Waals surface area (Å²) in [7, 11) is 1.60. The Hall–Kier alpha value is -2.01. The van der Waals surface area contributed by atoms with Crippen LogP contribution in [0.5, 0.6) is 5.75 Å². The molecule has 2 aromatic rings. The summed E-state index contributed by atoms with van der Waals surface area (Å²) in [6.07, 6.45) is 0.171. The monoisotopic (exact) mass is 349 g/mol. The Labute approximate surface area is 132 Å². The zero-order valence-corrected chi connectivity index (χ0v) is 13.2. The molecule has 0 aliphatic carbocycles. The molecule has 2 aromatic carbocycles. The number of carbonyl (C=O) groups excluding carboxylic acids is 1. The van der Waals surface area contributed by atoms with E-state index in [0.717, 1.165) is 21.3 Å².